The van der Waals surface area contributed by atoms with Crippen molar-refractivity contribution in [2.45, 2.75) is 63.2 Å². The molecule has 0 aliphatic carbocycles. The summed E-state index contributed by atoms with van der Waals surface area (Å²) in [6, 6.07) is 0. The Morgan fingerprint density at radius 2 is 1.27 bits per heavy atom. The van der Waals surface area contributed by atoms with E-state index in [4.69, 9.17) is 68.6 Å². The largest absolute Gasteiger partial charge is 0.463 e. The third kappa shape index (κ3) is 12.0. The maximum atomic E-state index is 11.6. The number of hydrogen-bond acceptors (Lipinski definition) is 11. The van der Waals surface area contributed by atoms with Gasteiger partial charge in [-0.05, 0) is 6.92 Å². The van der Waals surface area contributed by atoms with Crippen LogP contribution in [0.25, 0.3) is 0 Å². The van der Waals surface area contributed by atoms with Crippen molar-refractivity contribution in [2.75, 3.05) is 6.61 Å². The number of nitrogens with one attached hydrogen (secondary N) is 1. The first-order chi connectivity index (χ1) is 13.6. The summed E-state index contributed by atoms with van der Waals surface area (Å²) in [6.07, 6.45) is -6.28. The van der Waals surface area contributed by atoms with Gasteiger partial charge in [-0.3, -0.25) is 24.6 Å². The molecule has 14 heteroatoms. The van der Waals surface area contributed by atoms with Crippen molar-refractivity contribution in [1.82, 2.24) is 0 Å². The van der Waals surface area contributed by atoms with Crippen LogP contribution in [0.4, 0.5) is 0 Å². The van der Waals surface area contributed by atoms with Gasteiger partial charge in [-0.1, -0.05) is 34.8 Å². The molecule has 1 N–H and O–H groups in total. The molecular weight excluding hydrogens is 473 g/mol. The van der Waals surface area contributed by atoms with Gasteiger partial charge in [-0.25, -0.2) is 0 Å². The van der Waals surface area contributed by atoms with Crippen molar-refractivity contribution in [3.05, 3.63) is 0 Å². The van der Waals surface area contributed by atoms with Crippen LogP contribution < -0.4 is 0 Å². The second kappa shape index (κ2) is 12.8. The molecular formula is C16H22Cl3NO10. The van der Waals surface area contributed by atoms with Crippen molar-refractivity contribution in [3.63, 3.8) is 0 Å². The first-order valence-electron chi connectivity index (χ1n) is 8.26. The van der Waals surface area contributed by atoms with Gasteiger partial charge in [0.05, 0.1) is 6.10 Å². The lowest BCUT2D eigenvalue weighted by Crippen LogP contribution is -2.50. The molecule has 0 aromatic heterocycles. The van der Waals surface area contributed by atoms with Crippen molar-refractivity contribution >= 4 is 64.6 Å². The fraction of sp³-hybridized carbons (Fsp3) is 0.688. The van der Waals surface area contributed by atoms with Gasteiger partial charge in [0, 0.05) is 27.7 Å². The molecule has 11 nitrogen and oxygen atoms in total. The van der Waals surface area contributed by atoms with Crippen LogP contribution in [-0.4, -0.2) is 65.0 Å². The fourth-order valence-corrected chi connectivity index (χ4v) is 1.91. The van der Waals surface area contributed by atoms with Gasteiger partial charge in [0.25, 0.3) is 10.1 Å². The Morgan fingerprint density at radius 1 is 0.800 bits per heavy atom. The van der Waals surface area contributed by atoms with Crippen LogP contribution in [0.1, 0.15) is 34.6 Å². The van der Waals surface area contributed by atoms with E-state index in [0.29, 0.717) is 0 Å². The van der Waals surface area contributed by atoms with Gasteiger partial charge >= 0.3 is 23.9 Å². The Hall–Kier alpha value is -1.82. The van der Waals surface area contributed by atoms with E-state index in [-0.39, 0.29) is 6.61 Å². The maximum Gasteiger partial charge on any atom is 0.305 e. The molecule has 0 aromatic carbocycles. The highest BCUT2D eigenvalue weighted by Gasteiger charge is 2.43. The predicted octanol–water partition coefficient (Wildman–Crippen LogP) is 2.03. The quantitative estimate of drug-likeness (QED) is 0.119. The van der Waals surface area contributed by atoms with E-state index in [1.807, 2.05) is 0 Å². The van der Waals surface area contributed by atoms with E-state index in [1.54, 1.807) is 0 Å². The van der Waals surface area contributed by atoms with Crippen LogP contribution in [0.15, 0.2) is 0 Å². The third-order valence-electron chi connectivity index (χ3n) is 2.78. The van der Waals surface area contributed by atoms with Crippen LogP contribution >= 0.6 is 34.8 Å². The normalized spacial score (nSPS) is 14.2. The SMILES string of the molecule is CC(=O)OCC(C)O[C@H](OC(=N)C(Cl)(Cl)Cl)C(OC(C)=O)C(OC(C)=O)OC(C)=O. The zero-order valence-electron chi connectivity index (χ0n) is 16.7. The molecule has 2 unspecified atom stereocenters. The summed E-state index contributed by atoms with van der Waals surface area (Å²) in [5.41, 5.74) is 0. The zero-order chi connectivity index (χ0) is 23.6. The standard InChI is InChI=1S/C16H22Cl3NO10/c1-7(6-25-8(2)21)26-13(30-15(20)16(17,18)19)12(27-9(3)22)14(28-10(4)23)29-11(5)24/h7,12-14,20H,6H2,1-5H3/t7?,12?,13-/m1/s1. The lowest BCUT2D eigenvalue weighted by Gasteiger charge is -2.33. The van der Waals surface area contributed by atoms with Gasteiger partial charge in [-0.15, -0.1) is 0 Å². The van der Waals surface area contributed by atoms with Gasteiger partial charge in [0.2, 0.25) is 18.3 Å². The molecule has 30 heavy (non-hydrogen) atoms. The second-order valence-corrected chi connectivity index (χ2v) is 8.00. The lowest BCUT2D eigenvalue weighted by atomic mass is 10.3. The molecule has 0 heterocycles. The number of carbonyl (C=O) groups is 4. The van der Waals surface area contributed by atoms with Crippen LogP contribution in [-0.2, 0) is 47.6 Å². The highest BCUT2D eigenvalue weighted by atomic mass is 35.6. The smallest absolute Gasteiger partial charge is 0.305 e. The average Bonchev–Trinajstić information content (AvgIpc) is 2.54. The Labute approximate surface area is 187 Å². The molecule has 0 saturated carbocycles. The van der Waals surface area contributed by atoms with Gasteiger partial charge in [0.15, 0.2) is 0 Å². The van der Waals surface area contributed by atoms with E-state index in [9.17, 15) is 19.2 Å². The number of halogens is 3. The predicted molar refractivity (Wildman–Crippen MR) is 103 cm³/mol. The summed E-state index contributed by atoms with van der Waals surface area (Å²) in [5.74, 6) is -4.26. The minimum absolute atomic E-state index is 0.269. The molecule has 172 valence electrons. The Bertz CT molecular complexity index is 636. The second-order valence-electron chi connectivity index (χ2n) is 5.72. The summed E-state index contributed by atoms with van der Waals surface area (Å²) in [7, 11) is 0. The number of hydrogen-bond donors (Lipinski definition) is 1. The number of alkyl halides is 3. The molecule has 0 rings (SSSR count). The molecule has 0 aliphatic heterocycles. The number of rotatable bonds is 10. The molecule has 0 bridgehead atoms. The van der Waals surface area contributed by atoms with Gasteiger partial charge in [0.1, 0.15) is 6.61 Å². The molecule has 3 atom stereocenters. The molecule has 0 spiro atoms. The van der Waals surface area contributed by atoms with Crippen LogP contribution in [0.5, 0.6) is 0 Å². The first-order valence-corrected chi connectivity index (χ1v) is 9.39. The minimum atomic E-state index is -2.33. The summed E-state index contributed by atoms with van der Waals surface area (Å²) >= 11 is 16.8. The average molecular weight is 495 g/mol. The van der Waals surface area contributed by atoms with Crippen LogP contribution in [0.3, 0.4) is 0 Å². The van der Waals surface area contributed by atoms with Crippen LogP contribution in [0.2, 0.25) is 0 Å². The van der Waals surface area contributed by atoms with Crippen molar-refractivity contribution in [3.8, 4) is 0 Å². The molecule has 0 amide bonds. The highest BCUT2D eigenvalue weighted by Crippen LogP contribution is 2.30. The lowest BCUT2D eigenvalue weighted by molar-refractivity contribution is -0.261. The Morgan fingerprint density at radius 3 is 1.63 bits per heavy atom. The fourth-order valence-electron chi connectivity index (χ4n) is 1.77. The zero-order valence-corrected chi connectivity index (χ0v) is 19.0. The molecule has 0 saturated heterocycles. The van der Waals surface area contributed by atoms with E-state index in [2.05, 4.69) is 0 Å². The minimum Gasteiger partial charge on any atom is -0.463 e. The van der Waals surface area contributed by atoms with Crippen molar-refractivity contribution < 1.29 is 47.6 Å². The summed E-state index contributed by atoms with van der Waals surface area (Å²) in [4.78, 5) is 45.5. The monoisotopic (exact) mass is 493 g/mol. The number of ether oxygens (including phenoxy) is 6. The summed E-state index contributed by atoms with van der Waals surface area (Å²) < 4.78 is 27.9. The van der Waals surface area contributed by atoms with E-state index >= 15 is 0 Å². The Balaban J connectivity index is 5.96. The maximum absolute atomic E-state index is 11.6. The topological polar surface area (TPSA) is 148 Å². The van der Waals surface area contributed by atoms with E-state index in [1.165, 1.54) is 13.8 Å². The van der Waals surface area contributed by atoms with Crippen molar-refractivity contribution in [1.29, 1.82) is 5.41 Å². The first kappa shape index (κ1) is 28.2. The number of esters is 4. The summed E-state index contributed by atoms with van der Waals surface area (Å²) in [6.45, 7) is 5.35. The molecule has 0 fully saturated rings. The van der Waals surface area contributed by atoms with E-state index in [0.717, 1.165) is 20.8 Å². The molecule has 0 radical (unpaired) electrons. The van der Waals surface area contributed by atoms with E-state index < -0.39 is 58.4 Å². The van der Waals surface area contributed by atoms with Crippen LogP contribution in [0, 0.1) is 5.41 Å². The molecule has 0 aliphatic rings. The van der Waals surface area contributed by atoms with Gasteiger partial charge < -0.3 is 28.4 Å². The van der Waals surface area contributed by atoms with Crippen molar-refractivity contribution in [2.24, 2.45) is 0 Å². The molecule has 0 aromatic rings. The van der Waals surface area contributed by atoms with Gasteiger partial charge in [-0.2, -0.15) is 0 Å². The number of carbonyl (C=O) groups excluding carboxylic acids is 4. The summed E-state index contributed by atoms with van der Waals surface area (Å²) in [5, 5.41) is 7.75. The highest BCUT2D eigenvalue weighted by molar-refractivity contribution is 6.76. The Kier molecular flexibility index (Phi) is 12.0. The third-order valence-corrected chi connectivity index (χ3v) is 3.30.